The van der Waals surface area contributed by atoms with Crippen LogP contribution in [0.1, 0.15) is 38.1 Å². The molecule has 0 radical (unpaired) electrons. The summed E-state index contributed by atoms with van der Waals surface area (Å²) in [4.78, 5) is 0. The largest absolute Gasteiger partial charge is 0.494 e. The highest BCUT2D eigenvalue weighted by molar-refractivity contribution is 5.83. The third kappa shape index (κ3) is 3.97. The first-order valence-electron chi connectivity index (χ1n) is 8.82. The van der Waals surface area contributed by atoms with E-state index in [0.717, 1.165) is 33.8 Å². The number of para-hydroxylation sites is 2. The van der Waals surface area contributed by atoms with E-state index in [1.165, 1.54) is 0 Å². The molecule has 1 atom stereocenters. The number of furan rings is 1. The second-order valence-electron chi connectivity index (χ2n) is 5.90. The van der Waals surface area contributed by atoms with Gasteiger partial charge in [-0.2, -0.15) is 0 Å². The molecule has 0 fully saturated rings. The summed E-state index contributed by atoms with van der Waals surface area (Å²) >= 11 is 0. The average molecular weight is 339 g/mol. The molecule has 132 valence electrons. The van der Waals surface area contributed by atoms with Crippen molar-refractivity contribution in [3.8, 4) is 11.5 Å². The van der Waals surface area contributed by atoms with Gasteiger partial charge in [-0.1, -0.05) is 30.3 Å². The Morgan fingerprint density at radius 3 is 2.48 bits per heavy atom. The standard InChI is InChI=1S/C21H25NO3/c1-4-23-18-11-7-6-9-17(18)14-22-15(3)20-13-16-10-8-12-19(24-5-2)21(16)25-20/h6-13,15,22H,4-5,14H2,1-3H3. The normalized spacial score (nSPS) is 12.3. The molecule has 2 aromatic carbocycles. The molecule has 0 spiro atoms. The van der Waals surface area contributed by atoms with Crippen LogP contribution in [0.15, 0.2) is 52.9 Å². The van der Waals surface area contributed by atoms with E-state index in [1.807, 2.05) is 50.2 Å². The minimum atomic E-state index is 0.0801. The molecule has 25 heavy (non-hydrogen) atoms. The molecule has 1 aromatic heterocycles. The number of ether oxygens (including phenoxy) is 2. The van der Waals surface area contributed by atoms with Crippen molar-refractivity contribution in [2.75, 3.05) is 13.2 Å². The van der Waals surface area contributed by atoms with Gasteiger partial charge in [0.1, 0.15) is 11.5 Å². The van der Waals surface area contributed by atoms with Crippen LogP contribution in [0.5, 0.6) is 11.5 Å². The Kier molecular flexibility index (Phi) is 5.61. The van der Waals surface area contributed by atoms with Crippen LogP contribution in [0, 0.1) is 0 Å². The molecule has 3 aromatic rings. The van der Waals surface area contributed by atoms with Gasteiger partial charge in [-0.15, -0.1) is 0 Å². The second-order valence-corrected chi connectivity index (χ2v) is 5.90. The second kappa shape index (κ2) is 8.08. The first kappa shape index (κ1) is 17.4. The minimum Gasteiger partial charge on any atom is -0.494 e. The van der Waals surface area contributed by atoms with E-state index in [4.69, 9.17) is 13.9 Å². The molecular formula is C21H25NO3. The quantitative estimate of drug-likeness (QED) is 0.621. The summed E-state index contributed by atoms with van der Waals surface area (Å²) < 4.78 is 17.4. The van der Waals surface area contributed by atoms with Crippen molar-refractivity contribution in [1.82, 2.24) is 5.32 Å². The van der Waals surface area contributed by atoms with Crippen LogP contribution in [0.4, 0.5) is 0 Å². The van der Waals surface area contributed by atoms with Gasteiger partial charge in [0.05, 0.1) is 19.3 Å². The molecule has 4 heteroatoms. The lowest BCUT2D eigenvalue weighted by molar-refractivity contribution is 0.332. The van der Waals surface area contributed by atoms with Crippen LogP contribution < -0.4 is 14.8 Å². The molecule has 0 bridgehead atoms. The summed E-state index contributed by atoms with van der Waals surface area (Å²) in [6.07, 6.45) is 0. The fraction of sp³-hybridized carbons (Fsp3) is 0.333. The van der Waals surface area contributed by atoms with Crippen molar-refractivity contribution in [3.63, 3.8) is 0 Å². The Hall–Kier alpha value is -2.46. The number of rotatable bonds is 8. The van der Waals surface area contributed by atoms with E-state index >= 15 is 0 Å². The van der Waals surface area contributed by atoms with Gasteiger partial charge >= 0.3 is 0 Å². The highest BCUT2D eigenvalue weighted by atomic mass is 16.5. The highest BCUT2D eigenvalue weighted by Crippen LogP contribution is 2.31. The molecule has 3 rings (SSSR count). The van der Waals surface area contributed by atoms with E-state index in [1.54, 1.807) is 0 Å². The first-order chi connectivity index (χ1) is 12.2. The number of fused-ring (bicyclic) bond motifs is 1. The molecule has 0 aliphatic carbocycles. The lowest BCUT2D eigenvalue weighted by Crippen LogP contribution is -2.18. The summed E-state index contributed by atoms with van der Waals surface area (Å²) in [5.41, 5.74) is 1.95. The number of hydrogen-bond acceptors (Lipinski definition) is 4. The van der Waals surface area contributed by atoms with Gasteiger partial charge in [0, 0.05) is 17.5 Å². The third-order valence-corrected chi connectivity index (χ3v) is 4.12. The van der Waals surface area contributed by atoms with Crippen molar-refractivity contribution >= 4 is 11.0 Å². The Morgan fingerprint density at radius 1 is 0.960 bits per heavy atom. The molecule has 0 saturated heterocycles. The molecule has 0 saturated carbocycles. The van der Waals surface area contributed by atoms with Gasteiger partial charge in [-0.25, -0.2) is 0 Å². The lowest BCUT2D eigenvalue weighted by atomic mass is 10.1. The smallest absolute Gasteiger partial charge is 0.176 e. The van der Waals surface area contributed by atoms with E-state index in [2.05, 4.69) is 24.4 Å². The van der Waals surface area contributed by atoms with Crippen molar-refractivity contribution < 1.29 is 13.9 Å². The molecule has 4 nitrogen and oxygen atoms in total. The average Bonchev–Trinajstić information content (AvgIpc) is 3.07. The third-order valence-electron chi connectivity index (χ3n) is 4.12. The van der Waals surface area contributed by atoms with E-state index < -0.39 is 0 Å². The van der Waals surface area contributed by atoms with Crippen molar-refractivity contribution in [3.05, 3.63) is 59.9 Å². The van der Waals surface area contributed by atoms with Crippen LogP contribution >= 0.6 is 0 Å². The molecule has 1 unspecified atom stereocenters. The monoisotopic (exact) mass is 339 g/mol. The molecule has 0 amide bonds. The fourth-order valence-corrected chi connectivity index (χ4v) is 2.85. The zero-order valence-corrected chi connectivity index (χ0v) is 15.0. The van der Waals surface area contributed by atoms with Crippen molar-refractivity contribution in [2.45, 2.75) is 33.4 Å². The molecule has 0 aliphatic rings. The summed E-state index contributed by atoms with van der Waals surface area (Å²) in [7, 11) is 0. The maximum atomic E-state index is 6.06. The van der Waals surface area contributed by atoms with Gasteiger partial charge in [0.25, 0.3) is 0 Å². The number of nitrogens with one attached hydrogen (secondary N) is 1. The Morgan fingerprint density at radius 2 is 1.68 bits per heavy atom. The van der Waals surface area contributed by atoms with E-state index in [9.17, 15) is 0 Å². The zero-order valence-electron chi connectivity index (χ0n) is 15.0. The van der Waals surface area contributed by atoms with Crippen LogP contribution in [0.2, 0.25) is 0 Å². The zero-order chi connectivity index (χ0) is 17.6. The molecule has 0 aliphatic heterocycles. The van der Waals surface area contributed by atoms with Gasteiger partial charge < -0.3 is 19.2 Å². The van der Waals surface area contributed by atoms with Gasteiger partial charge in [0.15, 0.2) is 11.3 Å². The Balaban J connectivity index is 1.74. The molecule has 1 heterocycles. The van der Waals surface area contributed by atoms with Gasteiger partial charge in [-0.3, -0.25) is 0 Å². The molecule has 1 N–H and O–H groups in total. The van der Waals surface area contributed by atoms with E-state index in [0.29, 0.717) is 19.8 Å². The summed E-state index contributed by atoms with van der Waals surface area (Å²) in [5.74, 6) is 2.61. The predicted octanol–water partition coefficient (Wildman–Crippen LogP) is 5.08. The topological polar surface area (TPSA) is 43.6 Å². The van der Waals surface area contributed by atoms with Crippen molar-refractivity contribution in [1.29, 1.82) is 0 Å². The summed E-state index contributed by atoms with van der Waals surface area (Å²) in [5, 5.41) is 4.57. The Bertz CT molecular complexity index is 825. The minimum absolute atomic E-state index is 0.0801. The SMILES string of the molecule is CCOc1ccccc1CNC(C)c1cc2cccc(OCC)c2o1. The predicted molar refractivity (Wildman–Crippen MR) is 100 cm³/mol. The van der Waals surface area contributed by atoms with Gasteiger partial charge in [-0.05, 0) is 39.0 Å². The van der Waals surface area contributed by atoms with E-state index in [-0.39, 0.29) is 6.04 Å². The van der Waals surface area contributed by atoms with Crippen LogP contribution in [0.25, 0.3) is 11.0 Å². The van der Waals surface area contributed by atoms with Gasteiger partial charge in [0.2, 0.25) is 0 Å². The van der Waals surface area contributed by atoms with Crippen LogP contribution in [-0.2, 0) is 6.54 Å². The summed E-state index contributed by atoms with van der Waals surface area (Å²) in [6.45, 7) is 8.07. The van der Waals surface area contributed by atoms with Crippen LogP contribution in [0.3, 0.4) is 0 Å². The highest BCUT2D eigenvalue weighted by Gasteiger charge is 2.14. The van der Waals surface area contributed by atoms with Crippen molar-refractivity contribution in [2.24, 2.45) is 0 Å². The molecular weight excluding hydrogens is 314 g/mol. The fourth-order valence-electron chi connectivity index (χ4n) is 2.85. The maximum absolute atomic E-state index is 6.06. The van der Waals surface area contributed by atoms with Crippen LogP contribution in [-0.4, -0.2) is 13.2 Å². The lowest BCUT2D eigenvalue weighted by Gasteiger charge is -2.14. The summed E-state index contributed by atoms with van der Waals surface area (Å²) in [6, 6.07) is 16.2. The first-order valence-corrected chi connectivity index (χ1v) is 8.82. The number of benzene rings is 2. The Labute approximate surface area is 148 Å². The number of hydrogen-bond donors (Lipinski definition) is 1. The maximum Gasteiger partial charge on any atom is 0.176 e.